The van der Waals surface area contributed by atoms with E-state index in [0.29, 0.717) is 11.3 Å². The second-order valence-corrected chi connectivity index (χ2v) is 6.08. The molecule has 5 heteroatoms. The Morgan fingerprint density at radius 3 is 2.50 bits per heavy atom. The highest BCUT2D eigenvalue weighted by Gasteiger charge is 2.16. The van der Waals surface area contributed by atoms with E-state index in [9.17, 15) is 9.59 Å². The van der Waals surface area contributed by atoms with Crippen LogP contribution in [0.2, 0.25) is 0 Å². The lowest BCUT2D eigenvalue weighted by molar-refractivity contribution is -0.125. The minimum atomic E-state index is -0.551. The van der Waals surface area contributed by atoms with Crippen LogP contribution in [0.5, 0.6) is 5.75 Å². The number of nitrogens with one attached hydrogen (secondary N) is 1. The lowest BCUT2D eigenvalue weighted by atomic mass is 10.0. The number of amides is 1. The average Bonchev–Trinajstić information content (AvgIpc) is 2.67. The second-order valence-electron chi connectivity index (χ2n) is 6.08. The molecule has 2 aromatic rings. The van der Waals surface area contributed by atoms with Crippen molar-refractivity contribution in [3.05, 3.63) is 65.2 Å². The summed E-state index contributed by atoms with van der Waals surface area (Å²) in [5.74, 6) is -0.263. The van der Waals surface area contributed by atoms with Crippen molar-refractivity contribution < 1.29 is 19.1 Å². The summed E-state index contributed by atoms with van der Waals surface area (Å²) >= 11 is 0. The largest absolute Gasteiger partial charge is 0.496 e. The standard InChI is InChI=1S/C21H25NO4/c1-4-8-18(16-9-6-5-7-10-16)22-20(23)14-26-21(24)17-12-11-15(2)19(13-17)25-3/h5-7,9-13,18H,4,8,14H2,1-3H3,(H,22,23)/t18-/m0/s1. The molecule has 1 amide bonds. The molecule has 2 rings (SSSR count). The van der Waals surface area contributed by atoms with Crippen molar-refractivity contribution in [3.8, 4) is 5.75 Å². The Labute approximate surface area is 154 Å². The molecular formula is C21H25NO4. The summed E-state index contributed by atoms with van der Waals surface area (Å²) in [4.78, 5) is 24.4. The van der Waals surface area contributed by atoms with Crippen LogP contribution in [0.25, 0.3) is 0 Å². The SMILES string of the molecule is CCC[C@H](NC(=O)COC(=O)c1ccc(C)c(OC)c1)c1ccccc1. The molecule has 2 aromatic carbocycles. The van der Waals surface area contributed by atoms with Crippen LogP contribution in [0.4, 0.5) is 0 Å². The van der Waals surface area contributed by atoms with Crippen molar-refractivity contribution in [3.63, 3.8) is 0 Å². The number of hydrogen-bond acceptors (Lipinski definition) is 4. The molecule has 0 aliphatic carbocycles. The monoisotopic (exact) mass is 355 g/mol. The van der Waals surface area contributed by atoms with E-state index < -0.39 is 5.97 Å². The van der Waals surface area contributed by atoms with Gasteiger partial charge in [0.1, 0.15) is 5.75 Å². The maximum atomic E-state index is 12.2. The van der Waals surface area contributed by atoms with Gasteiger partial charge in [0, 0.05) is 0 Å². The zero-order valence-corrected chi connectivity index (χ0v) is 15.5. The van der Waals surface area contributed by atoms with Gasteiger partial charge in [-0.25, -0.2) is 4.79 Å². The summed E-state index contributed by atoms with van der Waals surface area (Å²) in [6, 6.07) is 14.7. The number of benzene rings is 2. The number of aryl methyl sites for hydroxylation is 1. The normalized spacial score (nSPS) is 11.5. The first-order valence-electron chi connectivity index (χ1n) is 8.71. The number of carbonyl (C=O) groups excluding carboxylic acids is 2. The van der Waals surface area contributed by atoms with E-state index >= 15 is 0 Å². The summed E-state index contributed by atoms with van der Waals surface area (Å²) < 4.78 is 10.3. The van der Waals surface area contributed by atoms with E-state index in [1.54, 1.807) is 25.3 Å². The molecular weight excluding hydrogens is 330 g/mol. The molecule has 0 fully saturated rings. The topological polar surface area (TPSA) is 64.6 Å². The number of esters is 1. The van der Waals surface area contributed by atoms with Crippen LogP contribution in [0, 0.1) is 6.92 Å². The van der Waals surface area contributed by atoms with Gasteiger partial charge >= 0.3 is 5.97 Å². The van der Waals surface area contributed by atoms with Crippen LogP contribution in [-0.4, -0.2) is 25.6 Å². The summed E-state index contributed by atoms with van der Waals surface area (Å²) in [6.45, 7) is 3.63. The molecule has 0 aliphatic rings. The van der Waals surface area contributed by atoms with E-state index in [4.69, 9.17) is 9.47 Å². The maximum Gasteiger partial charge on any atom is 0.338 e. The molecule has 5 nitrogen and oxygen atoms in total. The molecule has 0 bridgehead atoms. The highest BCUT2D eigenvalue weighted by Crippen LogP contribution is 2.20. The third-order valence-electron chi connectivity index (χ3n) is 4.09. The van der Waals surface area contributed by atoms with E-state index in [1.165, 1.54) is 0 Å². The number of hydrogen-bond donors (Lipinski definition) is 1. The highest BCUT2D eigenvalue weighted by molar-refractivity contribution is 5.91. The van der Waals surface area contributed by atoms with Crippen LogP contribution < -0.4 is 10.1 Å². The van der Waals surface area contributed by atoms with E-state index in [0.717, 1.165) is 24.0 Å². The van der Waals surface area contributed by atoms with Gasteiger partial charge in [0.25, 0.3) is 5.91 Å². The smallest absolute Gasteiger partial charge is 0.338 e. The zero-order valence-electron chi connectivity index (χ0n) is 15.5. The minimum Gasteiger partial charge on any atom is -0.496 e. The molecule has 1 N–H and O–H groups in total. The summed E-state index contributed by atoms with van der Waals surface area (Å²) in [5.41, 5.74) is 2.32. The molecule has 0 saturated carbocycles. The number of rotatable bonds is 8. The summed E-state index contributed by atoms with van der Waals surface area (Å²) in [7, 11) is 1.54. The zero-order chi connectivity index (χ0) is 18.9. The van der Waals surface area contributed by atoms with Crippen molar-refractivity contribution in [2.75, 3.05) is 13.7 Å². The molecule has 1 atom stereocenters. The van der Waals surface area contributed by atoms with Crippen LogP contribution in [0.15, 0.2) is 48.5 Å². The fourth-order valence-electron chi connectivity index (χ4n) is 2.69. The minimum absolute atomic E-state index is 0.0909. The first-order valence-corrected chi connectivity index (χ1v) is 8.71. The Kier molecular flexibility index (Phi) is 7.21. The van der Waals surface area contributed by atoms with Gasteiger partial charge in [0.15, 0.2) is 6.61 Å². The summed E-state index contributed by atoms with van der Waals surface area (Å²) in [6.07, 6.45) is 1.75. The van der Waals surface area contributed by atoms with Gasteiger partial charge in [0.05, 0.1) is 18.7 Å². The molecule has 26 heavy (non-hydrogen) atoms. The Balaban J connectivity index is 1.93. The van der Waals surface area contributed by atoms with Crippen LogP contribution in [-0.2, 0) is 9.53 Å². The third-order valence-corrected chi connectivity index (χ3v) is 4.09. The Bertz CT molecular complexity index is 743. The molecule has 0 aromatic heterocycles. The third kappa shape index (κ3) is 5.34. The quantitative estimate of drug-likeness (QED) is 0.731. The fourth-order valence-corrected chi connectivity index (χ4v) is 2.69. The first-order chi connectivity index (χ1) is 12.5. The van der Waals surface area contributed by atoms with Gasteiger partial charge < -0.3 is 14.8 Å². The molecule has 0 heterocycles. The van der Waals surface area contributed by atoms with Crippen molar-refractivity contribution in [2.45, 2.75) is 32.7 Å². The van der Waals surface area contributed by atoms with Crippen molar-refractivity contribution >= 4 is 11.9 Å². The predicted octanol–water partition coefficient (Wildman–Crippen LogP) is 3.82. The lowest BCUT2D eigenvalue weighted by Gasteiger charge is -2.18. The lowest BCUT2D eigenvalue weighted by Crippen LogP contribution is -2.32. The first kappa shape index (κ1) is 19.5. The molecule has 0 radical (unpaired) electrons. The van der Waals surface area contributed by atoms with Gasteiger partial charge in [-0.2, -0.15) is 0 Å². The predicted molar refractivity (Wildman–Crippen MR) is 100 cm³/mol. The van der Waals surface area contributed by atoms with E-state index in [1.807, 2.05) is 37.3 Å². The van der Waals surface area contributed by atoms with Gasteiger partial charge in [-0.3, -0.25) is 4.79 Å². The molecule has 0 spiro atoms. The Morgan fingerprint density at radius 1 is 1.12 bits per heavy atom. The van der Waals surface area contributed by atoms with E-state index in [2.05, 4.69) is 12.2 Å². The van der Waals surface area contributed by atoms with Gasteiger partial charge in [-0.1, -0.05) is 49.7 Å². The summed E-state index contributed by atoms with van der Waals surface area (Å²) in [5, 5.41) is 2.93. The number of carbonyl (C=O) groups is 2. The van der Waals surface area contributed by atoms with Crippen molar-refractivity contribution in [1.29, 1.82) is 0 Å². The second kappa shape index (κ2) is 9.61. The Morgan fingerprint density at radius 2 is 1.85 bits per heavy atom. The van der Waals surface area contributed by atoms with Crippen LogP contribution >= 0.6 is 0 Å². The van der Waals surface area contributed by atoms with Crippen molar-refractivity contribution in [2.24, 2.45) is 0 Å². The molecule has 0 unspecified atom stereocenters. The van der Waals surface area contributed by atoms with Crippen LogP contribution in [0.3, 0.4) is 0 Å². The van der Waals surface area contributed by atoms with Crippen molar-refractivity contribution in [1.82, 2.24) is 5.32 Å². The highest BCUT2D eigenvalue weighted by atomic mass is 16.5. The molecule has 0 aliphatic heterocycles. The van der Waals surface area contributed by atoms with Gasteiger partial charge in [-0.15, -0.1) is 0 Å². The van der Waals surface area contributed by atoms with E-state index in [-0.39, 0.29) is 18.6 Å². The molecule has 138 valence electrons. The van der Waals surface area contributed by atoms with Gasteiger partial charge in [0.2, 0.25) is 0 Å². The maximum absolute atomic E-state index is 12.2. The molecule has 0 saturated heterocycles. The van der Waals surface area contributed by atoms with Gasteiger partial charge in [-0.05, 0) is 36.6 Å². The average molecular weight is 355 g/mol. The van der Waals surface area contributed by atoms with Crippen LogP contribution in [0.1, 0.15) is 47.3 Å². The number of methoxy groups -OCH3 is 1. The fraction of sp³-hybridized carbons (Fsp3) is 0.333. The Hall–Kier alpha value is -2.82. The number of ether oxygens (including phenoxy) is 2.